The molecule has 0 unspecified atom stereocenters. The molecule has 0 aliphatic rings. The molecule has 4 aromatic heterocycles. The summed E-state index contributed by atoms with van der Waals surface area (Å²) in [6.45, 7) is 3.70. The molecule has 122 valence electrons. The minimum Gasteiger partial charge on any atom is -0.293 e. The van der Waals surface area contributed by atoms with Crippen molar-refractivity contribution in [1.82, 2.24) is 34.6 Å². The van der Waals surface area contributed by atoms with Gasteiger partial charge in [0.2, 0.25) is 5.65 Å². The Morgan fingerprint density at radius 3 is 2.84 bits per heavy atom. The first kappa shape index (κ1) is 14.7. The standard InChI is InChI=1S/C15H12N10/c1-9-13(15-22-19-10(2)24(15)23-9)20-21-14-11(7-16)8-18-25(14)12-5-3-4-6-17-12/h3-6,8,23H,1-2H3. The van der Waals surface area contributed by atoms with Crippen LogP contribution in [0.1, 0.15) is 17.1 Å². The zero-order valence-corrected chi connectivity index (χ0v) is 13.4. The van der Waals surface area contributed by atoms with Gasteiger partial charge < -0.3 is 0 Å². The summed E-state index contributed by atoms with van der Waals surface area (Å²) in [5, 5.41) is 33.2. The van der Waals surface area contributed by atoms with E-state index in [9.17, 15) is 5.26 Å². The number of hydrogen-bond acceptors (Lipinski definition) is 7. The van der Waals surface area contributed by atoms with Crippen LogP contribution in [0.15, 0.2) is 40.8 Å². The van der Waals surface area contributed by atoms with Crippen molar-refractivity contribution in [3.05, 3.63) is 47.7 Å². The molecule has 10 heteroatoms. The second-order valence-electron chi connectivity index (χ2n) is 5.29. The van der Waals surface area contributed by atoms with Gasteiger partial charge in [0.15, 0.2) is 17.3 Å². The summed E-state index contributed by atoms with van der Waals surface area (Å²) in [7, 11) is 0. The molecule has 0 saturated heterocycles. The Morgan fingerprint density at radius 2 is 2.08 bits per heavy atom. The first-order valence-electron chi connectivity index (χ1n) is 7.40. The van der Waals surface area contributed by atoms with Crippen molar-refractivity contribution in [3.63, 3.8) is 0 Å². The summed E-state index contributed by atoms with van der Waals surface area (Å²) in [5.74, 6) is 1.57. The van der Waals surface area contributed by atoms with Gasteiger partial charge in [-0.2, -0.15) is 15.0 Å². The van der Waals surface area contributed by atoms with Gasteiger partial charge in [-0.15, -0.1) is 20.4 Å². The van der Waals surface area contributed by atoms with E-state index in [1.165, 1.54) is 10.9 Å². The number of nitrogens with one attached hydrogen (secondary N) is 1. The molecule has 0 radical (unpaired) electrons. The zero-order valence-electron chi connectivity index (χ0n) is 13.4. The van der Waals surface area contributed by atoms with Crippen LogP contribution in [0.3, 0.4) is 0 Å². The topological polar surface area (TPSA) is 125 Å². The first-order valence-corrected chi connectivity index (χ1v) is 7.40. The number of pyridine rings is 1. The van der Waals surface area contributed by atoms with Crippen molar-refractivity contribution >= 4 is 17.2 Å². The second kappa shape index (κ2) is 5.64. The molecule has 4 heterocycles. The molecule has 0 fully saturated rings. The molecule has 0 bridgehead atoms. The number of H-pyrrole nitrogens is 1. The summed E-state index contributed by atoms with van der Waals surface area (Å²) in [4.78, 5) is 4.23. The summed E-state index contributed by atoms with van der Waals surface area (Å²) in [6, 6.07) is 7.47. The molecule has 0 aromatic carbocycles. The van der Waals surface area contributed by atoms with Crippen molar-refractivity contribution in [3.8, 4) is 11.9 Å². The Morgan fingerprint density at radius 1 is 1.20 bits per heavy atom. The van der Waals surface area contributed by atoms with Crippen LogP contribution in [0.25, 0.3) is 11.5 Å². The Bertz CT molecular complexity index is 1120. The average molecular weight is 332 g/mol. The van der Waals surface area contributed by atoms with Crippen LogP contribution in [0.2, 0.25) is 0 Å². The largest absolute Gasteiger partial charge is 0.293 e. The zero-order chi connectivity index (χ0) is 17.4. The lowest BCUT2D eigenvalue weighted by Crippen LogP contribution is -1.97. The fraction of sp³-hybridized carbons (Fsp3) is 0.133. The maximum absolute atomic E-state index is 9.31. The van der Waals surface area contributed by atoms with E-state index in [-0.39, 0.29) is 0 Å². The number of fused-ring (bicyclic) bond motifs is 1. The third-order valence-corrected chi connectivity index (χ3v) is 3.65. The molecule has 0 atom stereocenters. The first-order chi connectivity index (χ1) is 12.2. The molecule has 10 nitrogen and oxygen atoms in total. The number of azo groups is 1. The molecule has 4 aromatic rings. The average Bonchev–Trinajstić information content (AvgIpc) is 3.29. The predicted octanol–water partition coefficient (Wildman–Crippen LogP) is 2.54. The van der Waals surface area contributed by atoms with E-state index < -0.39 is 0 Å². The normalized spacial score (nSPS) is 11.4. The number of hydrogen-bond donors (Lipinski definition) is 1. The van der Waals surface area contributed by atoms with Gasteiger partial charge in [-0.25, -0.2) is 9.50 Å². The van der Waals surface area contributed by atoms with Gasteiger partial charge in [0.05, 0.1) is 11.9 Å². The van der Waals surface area contributed by atoms with Crippen LogP contribution in [-0.2, 0) is 0 Å². The fourth-order valence-corrected chi connectivity index (χ4v) is 2.42. The molecule has 1 N–H and O–H groups in total. The van der Waals surface area contributed by atoms with E-state index in [0.717, 1.165) is 11.5 Å². The van der Waals surface area contributed by atoms with Crippen LogP contribution < -0.4 is 0 Å². The summed E-state index contributed by atoms with van der Waals surface area (Å²) in [6.07, 6.45) is 3.08. The Balaban J connectivity index is 1.83. The SMILES string of the molecule is Cc1[nH]n2c(C)nnc2c1N=Nc1c(C#N)cnn1-c1ccccn1. The summed E-state index contributed by atoms with van der Waals surface area (Å²) >= 11 is 0. The highest BCUT2D eigenvalue weighted by Gasteiger charge is 2.15. The molecule has 0 aliphatic heterocycles. The van der Waals surface area contributed by atoms with E-state index in [0.29, 0.717) is 28.5 Å². The third-order valence-electron chi connectivity index (χ3n) is 3.65. The number of aromatic amines is 1. The third kappa shape index (κ3) is 2.34. The number of nitriles is 1. The van der Waals surface area contributed by atoms with Crippen molar-refractivity contribution < 1.29 is 0 Å². The fourth-order valence-electron chi connectivity index (χ4n) is 2.42. The Kier molecular flexibility index (Phi) is 3.32. The molecular weight excluding hydrogens is 320 g/mol. The van der Waals surface area contributed by atoms with Crippen molar-refractivity contribution in [1.29, 1.82) is 5.26 Å². The molecule has 25 heavy (non-hydrogen) atoms. The second-order valence-corrected chi connectivity index (χ2v) is 5.29. The predicted molar refractivity (Wildman–Crippen MR) is 87.1 cm³/mol. The van der Waals surface area contributed by atoms with E-state index in [4.69, 9.17) is 0 Å². The minimum atomic E-state index is 0.302. The molecule has 0 saturated carbocycles. The van der Waals surface area contributed by atoms with Gasteiger partial charge in [0.25, 0.3) is 0 Å². The van der Waals surface area contributed by atoms with Crippen LogP contribution in [0.5, 0.6) is 0 Å². The van der Waals surface area contributed by atoms with Crippen molar-refractivity contribution in [2.75, 3.05) is 0 Å². The van der Waals surface area contributed by atoms with Gasteiger partial charge in [-0.1, -0.05) is 6.07 Å². The van der Waals surface area contributed by atoms with E-state index in [2.05, 4.69) is 41.7 Å². The summed E-state index contributed by atoms with van der Waals surface area (Å²) < 4.78 is 3.20. The highest BCUT2D eigenvalue weighted by atomic mass is 15.4. The smallest absolute Gasteiger partial charge is 0.205 e. The molecular formula is C15H12N10. The molecule has 4 rings (SSSR count). The minimum absolute atomic E-state index is 0.302. The van der Waals surface area contributed by atoms with E-state index in [1.54, 1.807) is 22.8 Å². The maximum atomic E-state index is 9.31. The lowest BCUT2D eigenvalue weighted by molar-refractivity contribution is 0.839. The number of rotatable bonds is 3. The maximum Gasteiger partial charge on any atom is 0.205 e. The van der Waals surface area contributed by atoms with Crippen molar-refractivity contribution in [2.45, 2.75) is 13.8 Å². The van der Waals surface area contributed by atoms with E-state index >= 15 is 0 Å². The van der Waals surface area contributed by atoms with Gasteiger partial charge in [-0.3, -0.25) is 5.10 Å². The molecule has 0 spiro atoms. The highest BCUT2D eigenvalue weighted by Crippen LogP contribution is 2.28. The van der Waals surface area contributed by atoms with Gasteiger partial charge in [-0.05, 0) is 26.0 Å². The van der Waals surface area contributed by atoms with Crippen LogP contribution in [0.4, 0.5) is 11.5 Å². The van der Waals surface area contributed by atoms with Gasteiger partial charge in [0.1, 0.15) is 17.5 Å². The lowest BCUT2D eigenvalue weighted by atomic mass is 10.3. The molecule has 0 aliphatic carbocycles. The Labute approximate surface area is 141 Å². The Hall–Kier alpha value is -3.87. The van der Waals surface area contributed by atoms with Gasteiger partial charge >= 0.3 is 0 Å². The summed E-state index contributed by atoms with van der Waals surface area (Å²) in [5.41, 5.74) is 2.22. The number of nitrogens with zero attached hydrogens (tertiary/aromatic N) is 9. The quantitative estimate of drug-likeness (QED) is 0.577. The number of aromatic nitrogens is 7. The number of aryl methyl sites for hydroxylation is 2. The van der Waals surface area contributed by atoms with Crippen molar-refractivity contribution in [2.24, 2.45) is 10.2 Å². The monoisotopic (exact) mass is 332 g/mol. The van der Waals surface area contributed by atoms with Gasteiger partial charge in [0, 0.05) is 6.20 Å². The van der Waals surface area contributed by atoms with E-state index in [1.807, 2.05) is 19.9 Å². The van der Waals surface area contributed by atoms with Crippen LogP contribution in [-0.4, -0.2) is 34.6 Å². The molecule has 0 amide bonds. The van der Waals surface area contributed by atoms with Crippen LogP contribution in [0, 0.1) is 25.2 Å². The van der Waals surface area contributed by atoms with Crippen LogP contribution >= 0.6 is 0 Å². The lowest BCUT2D eigenvalue weighted by Gasteiger charge is -2.01. The highest BCUT2D eigenvalue weighted by molar-refractivity contribution is 5.66.